The van der Waals surface area contributed by atoms with Crippen molar-refractivity contribution in [2.75, 3.05) is 0 Å². The van der Waals surface area contributed by atoms with Crippen molar-refractivity contribution in [1.82, 2.24) is 9.97 Å². The van der Waals surface area contributed by atoms with Crippen LogP contribution in [0.3, 0.4) is 0 Å². The van der Waals surface area contributed by atoms with Crippen molar-refractivity contribution in [3.63, 3.8) is 0 Å². The highest BCUT2D eigenvalue weighted by atomic mass is 16.7. The van der Waals surface area contributed by atoms with Gasteiger partial charge in [-0.05, 0) is 45.3 Å². The summed E-state index contributed by atoms with van der Waals surface area (Å²) in [4.78, 5) is 9.93. The maximum atomic E-state index is 6.27. The van der Waals surface area contributed by atoms with E-state index in [2.05, 4.69) is 33.8 Å². The first kappa shape index (κ1) is 21.1. The fraction of sp³-hybridized carbons (Fsp3) is 0.214. The molecule has 34 heavy (non-hydrogen) atoms. The molecule has 6 rings (SSSR count). The Hall–Kier alpha value is -3.48. The molecule has 0 N–H and O–H groups in total. The average Bonchev–Trinajstić information content (AvgIpc) is 3.32. The van der Waals surface area contributed by atoms with E-state index in [1.807, 2.05) is 72.8 Å². The number of hydrogen-bond acceptors (Lipinski definition) is 5. The van der Waals surface area contributed by atoms with Crippen LogP contribution < -0.4 is 5.46 Å². The highest BCUT2D eigenvalue weighted by molar-refractivity contribution is 6.62. The summed E-state index contributed by atoms with van der Waals surface area (Å²) in [5.74, 6) is 0.635. The molecule has 3 heterocycles. The van der Waals surface area contributed by atoms with Crippen LogP contribution in [0.2, 0.25) is 0 Å². The lowest BCUT2D eigenvalue weighted by atomic mass is 9.78. The quantitative estimate of drug-likeness (QED) is 0.317. The monoisotopic (exact) mass is 448 g/mol. The molecule has 6 heteroatoms. The first-order valence-corrected chi connectivity index (χ1v) is 11.5. The molecule has 1 aliphatic heterocycles. The van der Waals surface area contributed by atoms with Gasteiger partial charge in [0.15, 0.2) is 11.4 Å². The normalized spacial score (nSPS) is 17.0. The fourth-order valence-electron chi connectivity index (χ4n) is 4.32. The lowest BCUT2D eigenvalue weighted by Gasteiger charge is -2.32. The van der Waals surface area contributed by atoms with Crippen LogP contribution in [-0.4, -0.2) is 28.3 Å². The van der Waals surface area contributed by atoms with Crippen LogP contribution in [0.1, 0.15) is 27.7 Å². The lowest BCUT2D eigenvalue weighted by Crippen LogP contribution is -2.41. The summed E-state index contributed by atoms with van der Waals surface area (Å²) in [6, 6.07) is 26.2. The van der Waals surface area contributed by atoms with Crippen molar-refractivity contribution in [1.29, 1.82) is 0 Å². The van der Waals surface area contributed by atoms with Crippen LogP contribution in [0, 0.1) is 0 Å². The third-order valence-corrected chi connectivity index (χ3v) is 6.94. The molecule has 1 aliphatic rings. The van der Waals surface area contributed by atoms with Gasteiger partial charge in [0, 0.05) is 16.5 Å². The highest BCUT2D eigenvalue weighted by Crippen LogP contribution is 2.37. The maximum absolute atomic E-state index is 6.27. The molecule has 0 bridgehead atoms. The molecule has 3 aromatic carbocycles. The number of nitrogens with zero attached hydrogens (tertiary/aromatic N) is 2. The van der Waals surface area contributed by atoms with E-state index in [4.69, 9.17) is 23.7 Å². The second-order valence-electron chi connectivity index (χ2n) is 9.75. The highest BCUT2D eigenvalue weighted by Gasteiger charge is 2.51. The van der Waals surface area contributed by atoms with Gasteiger partial charge in [-0.15, -0.1) is 0 Å². The molecule has 5 nitrogen and oxygen atoms in total. The summed E-state index contributed by atoms with van der Waals surface area (Å²) in [7, 11) is -0.447. The summed E-state index contributed by atoms with van der Waals surface area (Å²) >= 11 is 0. The van der Waals surface area contributed by atoms with Gasteiger partial charge in [0.25, 0.3) is 0 Å². The van der Waals surface area contributed by atoms with Crippen LogP contribution in [-0.2, 0) is 9.31 Å². The molecule has 0 spiro atoms. The topological polar surface area (TPSA) is 57.4 Å². The molecule has 0 amide bonds. The number of hydrogen-bond donors (Lipinski definition) is 0. The summed E-state index contributed by atoms with van der Waals surface area (Å²) in [6.07, 6.45) is 0. The molecule has 168 valence electrons. The van der Waals surface area contributed by atoms with Crippen LogP contribution in [0.4, 0.5) is 0 Å². The summed E-state index contributed by atoms with van der Waals surface area (Å²) in [6.45, 7) is 8.24. The predicted octanol–water partition coefficient (Wildman–Crippen LogP) is 6.01. The third-order valence-electron chi connectivity index (χ3n) is 6.94. The minimum Gasteiger partial charge on any atom is -0.452 e. The van der Waals surface area contributed by atoms with E-state index in [0.717, 1.165) is 38.8 Å². The van der Waals surface area contributed by atoms with Crippen LogP contribution in [0.25, 0.3) is 44.7 Å². The summed E-state index contributed by atoms with van der Waals surface area (Å²) < 4.78 is 18.8. The Balaban J connectivity index is 1.52. The van der Waals surface area contributed by atoms with Gasteiger partial charge in [0.2, 0.25) is 0 Å². The average molecular weight is 448 g/mol. The standard InChI is InChI=1S/C28H25BN2O3/c1-27(2)28(3,4)34-29(33-27)20-14-10-13-19(17-20)26-30-23(18-11-6-5-7-12-18)25-24(31-26)21-15-8-9-16-22(21)32-25/h5-17H,1-4H3. The molecule has 0 saturated carbocycles. The van der Waals surface area contributed by atoms with Gasteiger partial charge in [-0.3, -0.25) is 0 Å². The molecule has 0 unspecified atom stereocenters. The SMILES string of the molecule is CC1(C)OB(c2cccc(-c3nc(-c4ccccc4)c4oc5ccccc5c4n3)c2)OC1(C)C. The Labute approximate surface area is 198 Å². The van der Waals surface area contributed by atoms with E-state index in [-0.39, 0.29) is 0 Å². The Morgan fingerprint density at radius 2 is 1.38 bits per heavy atom. The number of para-hydroxylation sites is 1. The van der Waals surface area contributed by atoms with Crippen LogP contribution >= 0.6 is 0 Å². The Bertz CT molecular complexity index is 1510. The first-order valence-electron chi connectivity index (χ1n) is 11.5. The Kier molecular flexibility index (Phi) is 4.66. The zero-order valence-corrected chi connectivity index (χ0v) is 19.7. The second-order valence-corrected chi connectivity index (χ2v) is 9.75. The zero-order valence-electron chi connectivity index (χ0n) is 19.7. The van der Waals surface area contributed by atoms with Crippen molar-refractivity contribution in [3.8, 4) is 22.6 Å². The number of benzene rings is 3. The van der Waals surface area contributed by atoms with E-state index in [9.17, 15) is 0 Å². The van der Waals surface area contributed by atoms with E-state index >= 15 is 0 Å². The molecular weight excluding hydrogens is 423 g/mol. The molecule has 0 atom stereocenters. The molecular formula is C28H25BN2O3. The second kappa shape index (κ2) is 7.52. The van der Waals surface area contributed by atoms with E-state index in [0.29, 0.717) is 11.4 Å². The van der Waals surface area contributed by atoms with Crippen molar-refractivity contribution in [2.24, 2.45) is 0 Å². The first-order chi connectivity index (χ1) is 16.3. The number of furan rings is 1. The summed E-state index contributed by atoms with van der Waals surface area (Å²) in [5.41, 5.74) is 5.09. The van der Waals surface area contributed by atoms with Crippen molar-refractivity contribution in [3.05, 3.63) is 78.9 Å². The van der Waals surface area contributed by atoms with Gasteiger partial charge in [0.05, 0.1) is 11.2 Å². The maximum Gasteiger partial charge on any atom is 0.494 e. The lowest BCUT2D eigenvalue weighted by molar-refractivity contribution is 0.00578. The Morgan fingerprint density at radius 3 is 2.15 bits per heavy atom. The van der Waals surface area contributed by atoms with Crippen LogP contribution in [0.15, 0.2) is 83.3 Å². The molecule has 1 fully saturated rings. The van der Waals surface area contributed by atoms with Gasteiger partial charge in [-0.1, -0.05) is 66.7 Å². The van der Waals surface area contributed by atoms with Crippen molar-refractivity contribution >= 4 is 34.7 Å². The molecule has 1 saturated heterocycles. The van der Waals surface area contributed by atoms with Gasteiger partial charge < -0.3 is 13.7 Å². The number of fused-ring (bicyclic) bond motifs is 3. The van der Waals surface area contributed by atoms with Gasteiger partial charge in [-0.25, -0.2) is 9.97 Å². The summed E-state index contributed by atoms with van der Waals surface area (Å²) in [5, 5.41) is 0.973. The largest absolute Gasteiger partial charge is 0.494 e. The molecule has 5 aromatic rings. The molecule has 0 radical (unpaired) electrons. The smallest absolute Gasteiger partial charge is 0.452 e. The van der Waals surface area contributed by atoms with E-state index < -0.39 is 18.3 Å². The van der Waals surface area contributed by atoms with Crippen LogP contribution in [0.5, 0.6) is 0 Å². The van der Waals surface area contributed by atoms with Gasteiger partial charge >= 0.3 is 7.12 Å². The Morgan fingerprint density at radius 1 is 0.706 bits per heavy atom. The van der Waals surface area contributed by atoms with Crippen molar-refractivity contribution < 1.29 is 13.7 Å². The van der Waals surface area contributed by atoms with Gasteiger partial charge in [0.1, 0.15) is 16.8 Å². The van der Waals surface area contributed by atoms with Crippen molar-refractivity contribution in [2.45, 2.75) is 38.9 Å². The van der Waals surface area contributed by atoms with Gasteiger partial charge in [-0.2, -0.15) is 0 Å². The minimum absolute atomic E-state index is 0.404. The minimum atomic E-state index is -0.447. The predicted molar refractivity (Wildman–Crippen MR) is 136 cm³/mol. The zero-order chi connectivity index (χ0) is 23.5. The fourth-order valence-corrected chi connectivity index (χ4v) is 4.32. The number of aromatic nitrogens is 2. The molecule has 0 aliphatic carbocycles. The number of rotatable bonds is 3. The molecule has 2 aromatic heterocycles. The van der Waals surface area contributed by atoms with E-state index in [1.165, 1.54) is 0 Å². The van der Waals surface area contributed by atoms with E-state index in [1.54, 1.807) is 0 Å². The third kappa shape index (κ3) is 3.33.